The van der Waals surface area contributed by atoms with Gasteiger partial charge in [-0.05, 0) is 36.5 Å². The zero-order valence-electron chi connectivity index (χ0n) is 13.4. The number of carbonyl (C=O) groups is 2. The van der Waals surface area contributed by atoms with Crippen molar-refractivity contribution in [3.8, 4) is 0 Å². The van der Waals surface area contributed by atoms with E-state index in [9.17, 15) is 9.59 Å². The molecule has 0 saturated carbocycles. The molecule has 0 radical (unpaired) electrons. The van der Waals surface area contributed by atoms with Crippen molar-refractivity contribution in [3.05, 3.63) is 46.0 Å². The van der Waals surface area contributed by atoms with Crippen molar-refractivity contribution in [2.45, 2.75) is 19.4 Å². The van der Waals surface area contributed by atoms with Gasteiger partial charge in [0.2, 0.25) is 5.91 Å². The summed E-state index contributed by atoms with van der Waals surface area (Å²) in [6.45, 7) is 1.13. The minimum Gasteiger partial charge on any atom is -0.469 e. The van der Waals surface area contributed by atoms with Crippen LogP contribution in [0.4, 0.5) is 0 Å². The van der Waals surface area contributed by atoms with Gasteiger partial charge in [-0.25, -0.2) is 0 Å². The van der Waals surface area contributed by atoms with Crippen molar-refractivity contribution in [1.29, 1.82) is 0 Å². The Kier molecular flexibility index (Phi) is 5.16. The standard InChI is InChI=1S/C18H19Cl2NO3/c1-24-18(23)13-4-2-3-12-7-8-21(17(22)16(12)13)10-11-5-6-14(19)15(20)9-11/h2-3,5-6,9,12-13,16H,4,7-8,10H2,1H3. The Balaban J connectivity index is 1.79. The Bertz CT molecular complexity index is 689. The van der Waals surface area contributed by atoms with E-state index in [1.54, 1.807) is 17.0 Å². The van der Waals surface area contributed by atoms with E-state index >= 15 is 0 Å². The van der Waals surface area contributed by atoms with Crippen LogP contribution in [0.25, 0.3) is 0 Å². The second kappa shape index (κ2) is 7.16. The lowest BCUT2D eigenvalue weighted by atomic mass is 9.71. The van der Waals surface area contributed by atoms with E-state index in [-0.39, 0.29) is 23.7 Å². The van der Waals surface area contributed by atoms with Crippen LogP contribution < -0.4 is 0 Å². The number of fused-ring (bicyclic) bond motifs is 1. The molecule has 3 unspecified atom stereocenters. The first kappa shape index (κ1) is 17.3. The lowest BCUT2D eigenvalue weighted by Crippen LogP contribution is -2.50. The fourth-order valence-electron chi connectivity index (χ4n) is 3.63. The molecule has 0 spiro atoms. The first-order chi connectivity index (χ1) is 11.5. The number of methoxy groups -OCH3 is 1. The third-order valence-electron chi connectivity index (χ3n) is 4.86. The molecule has 1 aliphatic heterocycles. The molecule has 1 aromatic carbocycles. The molecule has 24 heavy (non-hydrogen) atoms. The molecular weight excluding hydrogens is 349 g/mol. The molecule has 1 heterocycles. The van der Waals surface area contributed by atoms with Crippen molar-refractivity contribution in [2.75, 3.05) is 13.7 Å². The molecule has 6 heteroatoms. The van der Waals surface area contributed by atoms with Gasteiger partial charge in [0.15, 0.2) is 0 Å². The molecule has 1 aliphatic carbocycles. The van der Waals surface area contributed by atoms with E-state index < -0.39 is 5.92 Å². The summed E-state index contributed by atoms with van der Waals surface area (Å²) in [4.78, 5) is 26.8. The summed E-state index contributed by atoms with van der Waals surface area (Å²) in [5, 5.41) is 0.971. The van der Waals surface area contributed by atoms with E-state index in [1.807, 2.05) is 12.1 Å². The molecule has 1 aromatic rings. The van der Waals surface area contributed by atoms with Crippen LogP contribution in [0, 0.1) is 17.8 Å². The summed E-state index contributed by atoms with van der Waals surface area (Å²) < 4.78 is 4.89. The maximum atomic E-state index is 13.0. The van der Waals surface area contributed by atoms with Gasteiger partial charge < -0.3 is 9.64 Å². The fourth-order valence-corrected chi connectivity index (χ4v) is 3.95. The highest BCUT2D eigenvalue weighted by atomic mass is 35.5. The number of esters is 1. The molecule has 1 fully saturated rings. The number of likely N-dealkylation sites (tertiary alicyclic amines) is 1. The van der Waals surface area contributed by atoms with Crippen LogP contribution in [-0.4, -0.2) is 30.4 Å². The van der Waals surface area contributed by atoms with E-state index in [1.165, 1.54) is 7.11 Å². The van der Waals surface area contributed by atoms with Crippen LogP contribution >= 0.6 is 23.2 Å². The van der Waals surface area contributed by atoms with Crippen LogP contribution in [0.1, 0.15) is 18.4 Å². The second-order valence-electron chi connectivity index (χ2n) is 6.28. The Hall–Kier alpha value is -1.52. The largest absolute Gasteiger partial charge is 0.469 e. The van der Waals surface area contributed by atoms with Gasteiger partial charge in [-0.1, -0.05) is 41.4 Å². The maximum absolute atomic E-state index is 13.0. The summed E-state index contributed by atoms with van der Waals surface area (Å²) in [5.74, 6) is -0.912. The molecule has 4 nitrogen and oxygen atoms in total. The predicted molar refractivity (Wildman–Crippen MR) is 92.7 cm³/mol. The fraction of sp³-hybridized carbons (Fsp3) is 0.444. The van der Waals surface area contributed by atoms with Crippen LogP contribution in [0.15, 0.2) is 30.4 Å². The Morgan fingerprint density at radius 3 is 2.83 bits per heavy atom. The van der Waals surface area contributed by atoms with Gasteiger partial charge in [0.05, 0.1) is 29.0 Å². The van der Waals surface area contributed by atoms with Gasteiger partial charge in [0.1, 0.15) is 0 Å². The number of hydrogen-bond donors (Lipinski definition) is 0. The number of nitrogens with zero attached hydrogens (tertiary/aromatic N) is 1. The number of carbonyl (C=O) groups excluding carboxylic acids is 2. The average molecular weight is 368 g/mol. The number of piperidine rings is 1. The predicted octanol–water partition coefficient (Wildman–Crippen LogP) is 3.71. The summed E-state index contributed by atoms with van der Waals surface area (Å²) >= 11 is 12.0. The summed E-state index contributed by atoms with van der Waals surface area (Å²) in [5.41, 5.74) is 0.928. The highest BCUT2D eigenvalue weighted by Gasteiger charge is 2.44. The monoisotopic (exact) mass is 367 g/mol. The van der Waals surface area contributed by atoms with Crippen LogP contribution in [0.2, 0.25) is 10.0 Å². The van der Waals surface area contributed by atoms with E-state index in [0.717, 1.165) is 12.0 Å². The van der Waals surface area contributed by atoms with Crippen LogP contribution in [-0.2, 0) is 20.9 Å². The molecule has 0 bridgehead atoms. The zero-order valence-corrected chi connectivity index (χ0v) is 14.9. The number of ether oxygens (including phenoxy) is 1. The summed E-state index contributed by atoms with van der Waals surface area (Å²) in [6, 6.07) is 5.38. The van der Waals surface area contributed by atoms with Crippen LogP contribution in [0.5, 0.6) is 0 Å². The Morgan fingerprint density at radius 2 is 2.12 bits per heavy atom. The van der Waals surface area contributed by atoms with Gasteiger partial charge in [-0.2, -0.15) is 0 Å². The number of amides is 1. The summed E-state index contributed by atoms with van der Waals surface area (Å²) in [6.07, 6.45) is 5.46. The quantitative estimate of drug-likeness (QED) is 0.604. The second-order valence-corrected chi connectivity index (χ2v) is 7.09. The van der Waals surface area contributed by atoms with E-state index in [0.29, 0.717) is 29.6 Å². The third-order valence-corrected chi connectivity index (χ3v) is 5.60. The van der Waals surface area contributed by atoms with Crippen molar-refractivity contribution in [2.24, 2.45) is 17.8 Å². The van der Waals surface area contributed by atoms with E-state index in [4.69, 9.17) is 27.9 Å². The zero-order chi connectivity index (χ0) is 17.3. The lowest BCUT2D eigenvalue weighted by molar-refractivity contribution is -0.157. The maximum Gasteiger partial charge on any atom is 0.309 e. The van der Waals surface area contributed by atoms with Gasteiger partial charge in [0.25, 0.3) is 0 Å². The van der Waals surface area contributed by atoms with Gasteiger partial charge in [0, 0.05) is 13.1 Å². The third kappa shape index (κ3) is 3.31. The van der Waals surface area contributed by atoms with E-state index in [2.05, 4.69) is 6.08 Å². The first-order valence-corrected chi connectivity index (χ1v) is 8.74. The lowest BCUT2D eigenvalue weighted by Gasteiger charge is -2.41. The number of rotatable bonds is 3. The summed E-state index contributed by atoms with van der Waals surface area (Å²) in [7, 11) is 1.37. The highest BCUT2D eigenvalue weighted by Crippen LogP contribution is 2.38. The minimum absolute atomic E-state index is 0.0112. The number of allylic oxidation sites excluding steroid dienone is 2. The normalized spacial score (nSPS) is 26.2. The number of halogens is 2. The molecule has 1 saturated heterocycles. The molecule has 1 amide bonds. The molecule has 128 valence electrons. The minimum atomic E-state index is -0.394. The molecular formula is C18H19Cl2NO3. The molecule has 0 aromatic heterocycles. The number of benzene rings is 1. The van der Waals surface area contributed by atoms with Gasteiger partial charge in [-0.15, -0.1) is 0 Å². The average Bonchev–Trinajstić information content (AvgIpc) is 2.59. The Morgan fingerprint density at radius 1 is 1.33 bits per heavy atom. The first-order valence-electron chi connectivity index (χ1n) is 7.98. The topological polar surface area (TPSA) is 46.6 Å². The molecule has 0 N–H and O–H groups in total. The van der Waals surface area contributed by atoms with Gasteiger partial charge in [-0.3, -0.25) is 9.59 Å². The van der Waals surface area contributed by atoms with Crippen molar-refractivity contribution < 1.29 is 14.3 Å². The SMILES string of the molecule is COC(=O)C1CC=CC2CCN(Cc3ccc(Cl)c(Cl)c3)C(=O)C21. The van der Waals surface area contributed by atoms with Crippen molar-refractivity contribution in [1.82, 2.24) is 4.90 Å². The highest BCUT2D eigenvalue weighted by molar-refractivity contribution is 6.42. The smallest absolute Gasteiger partial charge is 0.309 e. The van der Waals surface area contributed by atoms with Crippen molar-refractivity contribution in [3.63, 3.8) is 0 Å². The molecule has 2 aliphatic rings. The van der Waals surface area contributed by atoms with Crippen LogP contribution in [0.3, 0.4) is 0 Å². The molecule has 3 atom stereocenters. The number of hydrogen-bond acceptors (Lipinski definition) is 3. The van der Waals surface area contributed by atoms with Gasteiger partial charge >= 0.3 is 5.97 Å². The Labute approximate surface area is 151 Å². The molecule has 3 rings (SSSR count). The van der Waals surface area contributed by atoms with Crippen molar-refractivity contribution >= 4 is 35.1 Å².